The Morgan fingerprint density at radius 3 is 1.93 bits per heavy atom. The minimum Gasteiger partial charge on any atom is -0.254 e. The summed E-state index contributed by atoms with van der Waals surface area (Å²) in [6.07, 6.45) is 8.64. The van der Waals surface area contributed by atoms with Crippen LogP contribution in [0.15, 0.2) is 79.3 Å². The Labute approximate surface area is 160 Å². The Bertz CT molecular complexity index is 1400. The quantitative estimate of drug-likeness (QED) is 0.372. The number of fused-ring (bicyclic) bond motifs is 6. The summed E-state index contributed by atoms with van der Waals surface area (Å²) in [6, 6.07) is 20.5. The molecule has 0 spiro atoms. The van der Waals surface area contributed by atoms with Crippen molar-refractivity contribution >= 4 is 43.6 Å². The lowest BCUT2D eigenvalue weighted by Crippen LogP contribution is -1.89. The van der Waals surface area contributed by atoms with E-state index in [0.717, 1.165) is 54.7 Å². The average molecular weight is 357 g/mol. The van der Waals surface area contributed by atoms with Crippen LogP contribution in [0.1, 0.15) is 0 Å². The van der Waals surface area contributed by atoms with Crippen molar-refractivity contribution in [2.45, 2.75) is 0 Å². The average Bonchev–Trinajstić information content (AvgIpc) is 2.78. The summed E-state index contributed by atoms with van der Waals surface area (Å²) in [7, 11) is 0. The highest BCUT2D eigenvalue weighted by Crippen LogP contribution is 2.29. The first-order valence-corrected chi connectivity index (χ1v) is 9.07. The van der Waals surface area contributed by atoms with Crippen molar-refractivity contribution in [1.29, 1.82) is 0 Å². The first kappa shape index (κ1) is 15.2. The number of aromatic nitrogens is 4. The minimum atomic E-state index is 0.866. The molecule has 0 aliphatic rings. The number of benzene rings is 2. The molecule has 6 rings (SSSR count). The molecule has 0 aliphatic carbocycles. The second-order valence-electron chi connectivity index (χ2n) is 6.80. The summed E-state index contributed by atoms with van der Waals surface area (Å²) in [5.41, 5.74) is 5.50. The van der Waals surface area contributed by atoms with Crippen molar-refractivity contribution in [3.8, 4) is 11.1 Å². The van der Waals surface area contributed by atoms with E-state index in [1.54, 1.807) is 12.4 Å². The van der Waals surface area contributed by atoms with Gasteiger partial charge in [-0.15, -0.1) is 0 Å². The first-order valence-electron chi connectivity index (χ1n) is 9.07. The predicted molar refractivity (Wildman–Crippen MR) is 112 cm³/mol. The molecule has 4 aromatic heterocycles. The van der Waals surface area contributed by atoms with Gasteiger partial charge in [0, 0.05) is 51.3 Å². The summed E-state index contributed by atoms with van der Waals surface area (Å²) in [5, 5.41) is 4.27. The Morgan fingerprint density at radius 2 is 1.18 bits per heavy atom. The van der Waals surface area contributed by atoms with E-state index in [0.29, 0.717) is 0 Å². The van der Waals surface area contributed by atoms with Gasteiger partial charge in [-0.2, -0.15) is 0 Å². The highest BCUT2D eigenvalue weighted by Gasteiger charge is 2.09. The van der Waals surface area contributed by atoms with Crippen molar-refractivity contribution in [3.05, 3.63) is 85.5 Å². The van der Waals surface area contributed by atoms with Crippen LogP contribution in [-0.4, -0.2) is 19.9 Å². The standard InChI is InChI=1S/C24H13N4/c1-3-15-5-7-17-11-19(13-27-23(17)21(15)25-9-1)20-12-18-8-6-16-4-2-10-26-22(16)24(18)28-14-20/h1-13H. The molecule has 0 bridgehead atoms. The Morgan fingerprint density at radius 1 is 0.571 bits per heavy atom. The molecule has 4 heteroatoms. The third-order valence-corrected chi connectivity index (χ3v) is 5.10. The zero-order chi connectivity index (χ0) is 18.5. The van der Waals surface area contributed by atoms with Gasteiger partial charge in [-0.1, -0.05) is 36.4 Å². The van der Waals surface area contributed by atoms with E-state index < -0.39 is 0 Å². The van der Waals surface area contributed by atoms with Crippen molar-refractivity contribution < 1.29 is 0 Å². The number of rotatable bonds is 1. The maximum Gasteiger partial charge on any atom is 0.0980 e. The molecule has 4 nitrogen and oxygen atoms in total. The highest BCUT2D eigenvalue weighted by atomic mass is 14.7. The fourth-order valence-corrected chi connectivity index (χ4v) is 3.71. The van der Waals surface area contributed by atoms with E-state index in [2.05, 4.69) is 63.6 Å². The topological polar surface area (TPSA) is 51.6 Å². The molecule has 0 saturated carbocycles. The van der Waals surface area contributed by atoms with E-state index in [4.69, 9.17) is 4.98 Å². The fraction of sp³-hybridized carbons (Fsp3) is 0. The van der Waals surface area contributed by atoms with Gasteiger partial charge in [0.15, 0.2) is 0 Å². The monoisotopic (exact) mass is 357 g/mol. The van der Waals surface area contributed by atoms with Crippen molar-refractivity contribution in [2.75, 3.05) is 0 Å². The SMILES string of the molecule is [c]1nc2c(ccc3cccnc32)cc1-c1cnc2c(ccc3cccnc32)c1. The van der Waals surface area contributed by atoms with Gasteiger partial charge in [-0.25, -0.2) is 4.98 Å². The maximum absolute atomic E-state index is 4.69. The van der Waals surface area contributed by atoms with Crippen LogP contribution >= 0.6 is 0 Å². The molecule has 6 aromatic rings. The first-order chi connectivity index (χ1) is 13.9. The van der Waals surface area contributed by atoms with Crippen LogP contribution in [0.4, 0.5) is 0 Å². The summed E-state index contributed by atoms with van der Waals surface area (Å²) in [5.74, 6) is 0. The Kier molecular flexibility index (Phi) is 3.14. The van der Waals surface area contributed by atoms with Gasteiger partial charge in [0.1, 0.15) is 0 Å². The molecule has 0 aliphatic heterocycles. The second-order valence-corrected chi connectivity index (χ2v) is 6.80. The van der Waals surface area contributed by atoms with Crippen LogP contribution in [0.3, 0.4) is 0 Å². The second kappa shape index (κ2) is 5.79. The fourth-order valence-electron chi connectivity index (χ4n) is 3.71. The van der Waals surface area contributed by atoms with Crippen LogP contribution in [-0.2, 0) is 0 Å². The molecule has 0 atom stereocenters. The molecule has 129 valence electrons. The van der Waals surface area contributed by atoms with Crippen LogP contribution in [0, 0.1) is 6.20 Å². The normalized spacial score (nSPS) is 11.6. The lowest BCUT2D eigenvalue weighted by molar-refractivity contribution is 1.35. The largest absolute Gasteiger partial charge is 0.254 e. The number of pyridine rings is 4. The zero-order valence-electron chi connectivity index (χ0n) is 14.8. The molecule has 0 saturated heterocycles. The Balaban J connectivity index is 1.55. The minimum absolute atomic E-state index is 0.866. The van der Waals surface area contributed by atoms with Gasteiger partial charge in [0.05, 0.1) is 28.3 Å². The molecule has 28 heavy (non-hydrogen) atoms. The molecule has 2 aromatic carbocycles. The van der Waals surface area contributed by atoms with Gasteiger partial charge in [-0.05, 0) is 24.3 Å². The van der Waals surface area contributed by atoms with Gasteiger partial charge in [0.25, 0.3) is 0 Å². The van der Waals surface area contributed by atoms with Crippen molar-refractivity contribution in [1.82, 2.24) is 19.9 Å². The van der Waals surface area contributed by atoms with E-state index in [9.17, 15) is 0 Å². The van der Waals surface area contributed by atoms with Gasteiger partial charge in [-0.3, -0.25) is 15.0 Å². The van der Waals surface area contributed by atoms with E-state index in [1.807, 2.05) is 24.4 Å². The number of hydrogen-bond donors (Lipinski definition) is 0. The predicted octanol–water partition coefficient (Wildman–Crippen LogP) is 5.35. The van der Waals surface area contributed by atoms with Gasteiger partial charge in [0.2, 0.25) is 0 Å². The number of hydrogen-bond acceptors (Lipinski definition) is 4. The molecular formula is C24H13N4. The van der Waals surface area contributed by atoms with E-state index in [1.165, 1.54) is 0 Å². The van der Waals surface area contributed by atoms with Crippen LogP contribution in [0.5, 0.6) is 0 Å². The van der Waals surface area contributed by atoms with E-state index >= 15 is 0 Å². The smallest absolute Gasteiger partial charge is 0.0980 e. The van der Waals surface area contributed by atoms with Gasteiger partial charge >= 0.3 is 0 Å². The highest BCUT2D eigenvalue weighted by molar-refractivity contribution is 6.05. The summed E-state index contributed by atoms with van der Waals surface area (Å²) in [6.45, 7) is 0. The molecule has 0 amide bonds. The zero-order valence-corrected chi connectivity index (χ0v) is 14.8. The van der Waals surface area contributed by atoms with E-state index in [-0.39, 0.29) is 0 Å². The molecular weight excluding hydrogens is 344 g/mol. The van der Waals surface area contributed by atoms with Crippen LogP contribution in [0.25, 0.3) is 54.7 Å². The summed E-state index contributed by atoms with van der Waals surface area (Å²) in [4.78, 5) is 18.3. The summed E-state index contributed by atoms with van der Waals surface area (Å²) >= 11 is 0. The lowest BCUT2D eigenvalue weighted by Gasteiger charge is -2.07. The molecule has 0 fully saturated rings. The maximum atomic E-state index is 4.69. The molecule has 4 heterocycles. The molecule has 1 radical (unpaired) electrons. The third kappa shape index (κ3) is 2.25. The number of nitrogens with zero attached hydrogens (tertiary/aromatic N) is 4. The third-order valence-electron chi connectivity index (χ3n) is 5.10. The van der Waals surface area contributed by atoms with Crippen LogP contribution < -0.4 is 0 Å². The van der Waals surface area contributed by atoms with Crippen LogP contribution in [0.2, 0.25) is 0 Å². The van der Waals surface area contributed by atoms with Gasteiger partial charge < -0.3 is 0 Å². The molecule has 0 N–H and O–H groups in total. The Hall–Kier alpha value is -3.92. The lowest BCUT2D eigenvalue weighted by atomic mass is 10.0. The van der Waals surface area contributed by atoms with Crippen molar-refractivity contribution in [3.63, 3.8) is 0 Å². The van der Waals surface area contributed by atoms with Crippen molar-refractivity contribution in [2.24, 2.45) is 0 Å². The summed E-state index contributed by atoms with van der Waals surface area (Å²) < 4.78 is 0. The molecule has 0 unspecified atom stereocenters.